The van der Waals surface area contributed by atoms with Crippen LogP contribution in [0.25, 0.3) is 0 Å². The lowest BCUT2D eigenvalue weighted by atomic mass is 10.2. The minimum absolute atomic E-state index is 0.248. The Morgan fingerprint density at radius 3 is 2.08 bits per heavy atom. The molecule has 0 heterocycles. The molecule has 2 rings (SSSR count). The van der Waals surface area contributed by atoms with E-state index in [1.807, 2.05) is 19.0 Å². The van der Waals surface area contributed by atoms with Gasteiger partial charge in [0.15, 0.2) is 0 Å². The van der Waals surface area contributed by atoms with E-state index in [9.17, 15) is 20.2 Å². The van der Waals surface area contributed by atoms with Crippen molar-refractivity contribution < 1.29 is 9.85 Å². The molecular formula is C14H12ClN5O4. The van der Waals surface area contributed by atoms with E-state index in [0.717, 1.165) is 17.8 Å². The van der Waals surface area contributed by atoms with Crippen molar-refractivity contribution in [1.82, 2.24) is 0 Å². The Labute approximate surface area is 141 Å². The van der Waals surface area contributed by atoms with Gasteiger partial charge in [-0.2, -0.15) is 5.11 Å². The number of halogens is 1. The fourth-order valence-electron chi connectivity index (χ4n) is 1.89. The molecule has 0 aromatic heterocycles. The minimum atomic E-state index is -0.821. The maximum atomic E-state index is 11.1. The van der Waals surface area contributed by atoms with E-state index in [-0.39, 0.29) is 5.02 Å². The van der Waals surface area contributed by atoms with Gasteiger partial charge in [-0.3, -0.25) is 20.2 Å². The molecule has 0 amide bonds. The van der Waals surface area contributed by atoms with E-state index in [0.29, 0.717) is 5.69 Å². The van der Waals surface area contributed by atoms with Crippen LogP contribution in [0, 0.1) is 20.2 Å². The van der Waals surface area contributed by atoms with Crippen molar-refractivity contribution in [2.24, 2.45) is 10.2 Å². The van der Waals surface area contributed by atoms with Gasteiger partial charge < -0.3 is 4.90 Å². The number of nitro benzene ring substituents is 2. The van der Waals surface area contributed by atoms with Gasteiger partial charge in [0.2, 0.25) is 5.69 Å². The first-order chi connectivity index (χ1) is 11.3. The van der Waals surface area contributed by atoms with E-state index in [2.05, 4.69) is 10.2 Å². The van der Waals surface area contributed by atoms with Gasteiger partial charge in [-0.1, -0.05) is 11.6 Å². The molecule has 0 bridgehead atoms. The van der Waals surface area contributed by atoms with Crippen molar-refractivity contribution in [1.29, 1.82) is 0 Å². The van der Waals surface area contributed by atoms with E-state index in [1.54, 1.807) is 24.3 Å². The number of benzene rings is 2. The highest BCUT2D eigenvalue weighted by Crippen LogP contribution is 2.42. The Hall–Kier alpha value is -3.07. The molecule has 0 aliphatic heterocycles. The molecule has 2 aromatic rings. The average Bonchev–Trinajstić information content (AvgIpc) is 2.52. The third-order valence-corrected chi connectivity index (χ3v) is 3.40. The highest BCUT2D eigenvalue weighted by molar-refractivity contribution is 6.33. The van der Waals surface area contributed by atoms with Crippen molar-refractivity contribution in [3.05, 3.63) is 61.6 Å². The second-order valence-electron chi connectivity index (χ2n) is 4.89. The van der Waals surface area contributed by atoms with Gasteiger partial charge in [0.1, 0.15) is 5.02 Å². The molecule has 24 heavy (non-hydrogen) atoms. The molecule has 0 aliphatic carbocycles. The molecule has 124 valence electrons. The highest BCUT2D eigenvalue weighted by atomic mass is 35.5. The first-order valence-electron chi connectivity index (χ1n) is 6.61. The van der Waals surface area contributed by atoms with Gasteiger partial charge in [-0.15, -0.1) is 5.11 Å². The van der Waals surface area contributed by atoms with Crippen molar-refractivity contribution in [3.63, 3.8) is 0 Å². The quantitative estimate of drug-likeness (QED) is 0.443. The number of nitrogens with zero attached hydrogens (tertiary/aromatic N) is 5. The zero-order valence-electron chi connectivity index (χ0n) is 12.7. The van der Waals surface area contributed by atoms with E-state index in [4.69, 9.17) is 11.6 Å². The Bertz CT molecular complexity index is 821. The molecule has 10 heteroatoms. The van der Waals surface area contributed by atoms with Crippen LogP contribution in [0.1, 0.15) is 0 Å². The maximum Gasteiger partial charge on any atom is 0.322 e. The summed E-state index contributed by atoms with van der Waals surface area (Å²) in [6, 6.07) is 8.97. The fraction of sp³-hybridized carbons (Fsp3) is 0.143. The summed E-state index contributed by atoms with van der Waals surface area (Å²) in [7, 11) is 3.74. The van der Waals surface area contributed by atoms with E-state index < -0.39 is 26.9 Å². The molecule has 0 saturated heterocycles. The number of hydrogen-bond acceptors (Lipinski definition) is 7. The monoisotopic (exact) mass is 349 g/mol. The summed E-state index contributed by atoms with van der Waals surface area (Å²) in [5.41, 5.74) is -0.369. The van der Waals surface area contributed by atoms with E-state index in [1.165, 1.54) is 0 Å². The minimum Gasteiger partial charge on any atom is -0.378 e. The number of nitro groups is 2. The summed E-state index contributed by atoms with van der Waals surface area (Å²) in [4.78, 5) is 22.5. The smallest absolute Gasteiger partial charge is 0.322 e. The lowest BCUT2D eigenvalue weighted by Gasteiger charge is -2.11. The van der Waals surface area contributed by atoms with Gasteiger partial charge in [0.25, 0.3) is 0 Å². The van der Waals surface area contributed by atoms with Crippen molar-refractivity contribution in [2.45, 2.75) is 0 Å². The first-order valence-corrected chi connectivity index (χ1v) is 6.99. The highest BCUT2D eigenvalue weighted by Gasteiger charge is 2.28. The molecule has 0 radical (unpaired) electrons. The summed E-state index contributed by atoms with van der Waals surface area (Å²) >= 11 is 5.77. The molecule has 0 unspecified atom stereocenters. The number of azo groups is 1. The second-order valence-corrected chi connectivity index (χ2v) is 5.30. The van der Waals surface area contributed by atoms with Crippen LogP contribution in [0.5, 0.6) is 0 Å². The Morgan fingerprint density at radius 2 is 1.58 bits per heavy atom. The van der Waals surface area contributed by atoms with Crippen molar-refractivity contribution in [2.75, 3.05) is 19.0 Å². The van der Waals surface area contributed by atoms with Crippen LogP contribution >= 0.6 is 11.6 Å². The number of anilines is 1. The van der Waals surface area contributed by atoms with Gasteiger partial charge >= 0.3 is 11.4 Å². The molecular weight excluding hydrogens is 338 g/mol. The lowest BCUT2D eigenvalue weighted by Crippen LogP contribution is -2.07. The Balaban J connectivity index is 2.49. The van der Waals surface area contributed by atoms with Crippen LogP contribution in [0.3, 0.4) is 0 Å². The zero-order valence-corrected chi connectivity index (χ0v) is 13.5. The molecule has 9 nitrogen and oxygen atoms in total. The normalized spacial score (nSPS) is 10.8. The first kappa shape index (κ1) is 17.3. The van der Waals surface area contributed by atoms with Crippen LogP contribution in [0.4, 0.5) is 28.4 Å². The topological polar surface area (TPSA) is 114 Å². The third kappa shape index (κ3) is 3.63. The van der Waals surface area contributed by atoms with Crippen LogP contribution in [-0.4, -0.2) is 23.9 Å². The van der Waals surface area contributed by atoms with E-state index >= 15 is 0 Å². The summed E-state index contributed by atoms with van der Waals surface area (Å²) in [6.45, 7) is 0. The molecule has 0 fully saturated rings. The van der Waals surface area contributed by atoms with Crippen LogP contribution in [0.15, 0.2) is 46.6 Å². The van der Waals surface area contributed by atoms with Gasteiger partial charge in [-0.25, -0.2) is 0 Å². The molecule has 0 spiro atoms. The Kier molecular flexibility index (Phi) is 5.05. The van der Waals surface area contributed by atoms with Gasteiger partial charge in [0.05, 0.1) is 15.5 Å². The average molecular weight is 350 g/mol. The standard InChI is InChI=1S/C14H12ClN5O4/c1-18(2)10-5-3-9(4-6-10)16-17-13-12(19(21)22)8-7-11(15)14(13)20(23)24/h3-8H,1-2H3. The molecule has 0 N–H and O–H groups in total. The van der Waals surface area contributed by atoms with Gasteiger partial charge in [-0.05, 0) is 30.3 Å². The van der Waals surface area contributed by atoms with Crippen molar-refractivity contribution >= 4 is 40.0 Å². The van der Waals surface area contributed by atoms with Crippen LogP contribution < -0.4 is 4.90 Å². The predicted molar refractivity (Wildman–Crippen MR) is 89.7 cm³/mol. The van der Waals surface area contributed by atoms with Gasteiger partial charge in [0, 0.05) is 25.8 Å². The summed E-state index contributed by atoms with van der Waals surface area (Å²) in [6.07, 6.45) is 0. The lowest BCUT2D eigenvalue weighted by molar-refractivity contribution is -0.392. The molecule has 2 aromatic carbocycles. The summed E-state index contributed by atoms with van der Waals surface area (Å²) in [5, 5.41) is 29.5. The Morgan fingerprint density at radius 1 is 0.958 bits per heavy atom. The second kappa shape index (κ2) is 7.01. The number of hydrogen-bond donors (Lipinski definition) is 0. The molecule has 0 atom stereocenters. The zero-order chi connectivity index (χ0) is 17.9. The summed E-state index contributed by atoms with van der Waals surface area (Å²) < 4.78 is 0. The van der Waals surface area contributed by atoms with Crippen LogP contribution in [0.2, 0.25) is 5.02 Å². The fourth-order valence-corrected chi connectivity index (χ4v) is 2.11. The SMILES string of the molecule is CN(C)c1ccc(N=Nc2c([N+](=O)[O-])ccc(Cl)c2[N+](=O)[O-])cc1. The summed E-state index contributed by atoms with van der Waals surface area (Å²) in [5.74, 6) is 0. The largest absolute Gasteiger partial charge is 0.378 e. The third-order valence-electron chi connectivity index (χ3n) is 3.09. The molecule has 0 aliphatic rings. The number of rotatable bonds is 5. The van der Waals surface area contributed by atoms with Crippen molar-refractivity contribution in [3.8, 4) is 0 Å². The van der Waals surface area contributed by atoms with Crippen LogP contribution in [-0.2, 0) is 0 Å². The molecule has 0 saturated carbocycles. The maximum absolute atomic E-state index is 11.1. The predicted octanol–water partition coefficient (Wildman–Crippen LogP) is 4.64.